The van der Waals surface area contributed by atoms with Gasteiger partial charge in [0, 0.05) is 25.3 Å². The van der Waals surface area contributed by atoms with Crippen LogP contribution in [0.1, 0.15) is 15.9 Å². The van der Waals surface area contributed by atoms with Gasteiger partial charge in [-0.3, -0.25) is 10.2 Å². The van der Waals surface area contributed by atoms with Gasteiger partial charge in [-0.25, -0.2) is 15.6 Å². The van der Waals surface area contributed by atoms with Crippen molar-refractivity contribution in [3.05, 3.63) is 57.1 Å². The molecule has 0 aliphatic carbocycles. The number of anilines is 1. The van der Waals surface area contributed by atoms with Crippen molar-refractivity contribution in [1.82, 2.24) is 9.47 Å². The van der Waals surface area contributed by atoms with E-state index < -0.39 is 11.9 Å². The third-order valence-electron chi connectivity index (χ3n) is 3.60. The minimum Gasteiger partial charge on any atom is -0.365 e. The molecule has 5 N–H and O–H groups in total. The molecule has 0 unspecified atom stereocenters. The van der Waals surface area contributed by atoms with E-state index in [1.807, 2.05) is 0 Å². The number of hydrazine groups is 1. The van der Waals surface area contributed by atoms with E-state index in [1.54, 1.807) is 32.3 Å². The van der Waals surface area contributed by atoms with Gasteiger partial charge in [0.05, 0.1) is 22.8 Å². The molecule has 0 atom stereocenters. The average molecular weight is 397 g/mol. The Morgan fingerprint density at radius 3 is 2.42 bits per heavy atom. The molecule has 26 heavy (non-hydrogen) atoms. The maximum Gasteiger partial charge on any atom is 0.338 e. The predicted molar refractivity (Wildman–Crippen MR) is 100 cm³/mol. The Morgan fingerprint density at radius 1 is 1.19 bits per heavy atom. The second-order valence-electron chi connectivity index (χ2n) is 5.73. The second-order valence-corrected chi connectivity index (χ2v) is 6.61. The number of halogens is 2. The molecule has 1 aromatic carbocycles. The second kappa shape index (κ2) is 7.77. The largest absolute Gasteiger partial charge is 0.365 e. The normalized spacial score (nSPS) is 10.5. The number of urea groups is 1. The third-order valence-corrected chi connectivity index (χ3v) is 4.04. The fourth-order valence-electron chi connectivity index (χ4n) is 2.34. The van der Waals surface area contributed by atoms with Gasteiger partial charge in [-0.1, -0.05) is 23.2 Å². The SMILES string of the molecule is CN(C)C(=O)N(N)c1ccc(Cl)cc1Cn1cc(Cl)cc(C(N)=O)c1=N. The molecule has 0 fully saturated rings. The van der Waals surface area contributed by atoms with Gasteiger partial charge in [0.1, 0.15) is 5.49 Å². The highest BCUT2D eigenvalue weighted by atomic mass is 35.5. The van der Waals surface area contributed by atoms with Crippen LogP contribution >= 0.6 is 23.2 Å². The number of pyridine rings is 1. The van der Waals surface area contributed by atoms with Gasteiger partial charge in [-0.15, -0.1) is 0 Å². The number of rotatable bonds is 4. The van der Waals surface area contributed by atoms with Crippen LogP contribution in [-0.4, -0.2) is 35.5 Å². The molecule has 2 aromatic rings. The standard InChI is InChI=1S/C16H18Cl2N6O2/c1-22(2)16(26)24(21)13-4-3-10(17)5-9(13)7-23-8-11(18)6-12(14(23)19)15(20)25/h3-6,8,19H,7,21H2,1-2H3,(H2,20,25). The molecule has 0 aliphatic rings. The van der Waals surface area contributed by atoms with E-state index in [4.69, 9.17) is 40.2 Å². The van der Waals surface area contributed by atoms with E-state index in [0.717, 1.165) is 5.01 Å². The molecule has 0 spiro atoms. The first-order valence-electron chi connectivity index (χ1n) is 7.40. The molecular formula is C16H18Cl2N6O2. The van der Waals surface area contributed by atoms with Crippen molar-refractivity contribution in [3.63, 3.8) is 0 Å². The van der Waals surface area contributed by atoms with Crippen LogP contribution in [0, 0.1) is 5.41 Å². The van der Waals surface area contributed by atoms with Crippen molar-refractivity contribution < 1.29 is 9.59 Å². The van der Waals surface area contributed by atoms with Crippen LogP contribution in [0.3, 0.4) is 0 Å². The quantitative estimate of drug-likeness (QED) is 0.414. The fourth-order valence-corrected chi connectivity index (χ4v) is 2.76. The van der Waals surface area contributed by atoms with Crippen LogP contribution in [-0.2, 0) is 6.54 Å². The Hall–Kier alpha value is -2.55. The number of primary amides is 1. The molecule has 8 nitrogen and oxygen atoms in total. The molecule has 2 rings (SSSR count). The first-order valence-corrected chi connectivity index (χ1v) is 8.16. The Kier molecular flexibility index (Phi) is 5.91. The van der Waals surface area contributed by atoms with Crippen molar-refractivity contribution in [3.8, 4) is 0 Å². The monoisotopic (exact) mass is 396 g/mol. The van der Waals surface area contributed by atoms with Crippen molar-refractivity contribution in [1.29, 1.82) is 5.41 Å². The highest BCUT2D eigenvalue weighted by Gasteiger charge is 2.18. The highest BCUT2D eigenvalue weighted by molar-refractivity contribution is 6.31. The van der Waals surface area contributed by atoms with Crippen molar-refractivity contribution in [2.24, 2.45) is 11.6 Å². The van der Waals surface area contributed by atoms with Gasteiger partial charge in [0.25, 0.3) is 5.91 Å². The topological polar surface area (TPSA) is 121 Å². The lowest BCUT2D eigenvalue weighted by atomic mass is 10.1. The first-order chi connectivity index (χ1) is 12.1. The van der Waals surface area contributed by atoms with Crippen molar-refractivity contribution in [2.45, 2.75) is 6.54 Å². The molecule has 0 saturated heterocycles. The molecule has 1 heterocycles. The summed E-state index contributed by atoms with van der Waals surface area (Å²) in [6, 6.07) is 5.71. The number of aromatic nitrogens is 1. The maximum absolute atomic E-state index is 12.2. The lowest BCUT2D eigenvalue weighted by Crippen LogP contribution is -2.44. The zero-order chi connectivity index (χ0) is 19.6. The number of carbonyl (C=O) groups is 2. The number of carbonyl (C=O) groups excluding carboxylic acids is 2. The van der Waals surface area contributed by atoms with Crippen LogP contribution in [0.2, 0.25) is 10.0 Å². The molecule has 0 aliphatic heterocycles. The predicted octanol–water partition coefficient (Wildman–Crippen LogP) is 1.78. The van der Waals surface area contributed by atoms with Gasteiger partial charge in [0.15, 0.2) is 0 Å². The molecular weight excluding hydrogens is 379 g/mol. The molecule has 0 radical (unpaired) electrons. The average Bonchev–Trinajstić information content (AvgIpc) is 2.56. The zero-order valence-corrected chi connectivity index (χ0v) is 15.7. The molecule has 10 heteroatoms. The van der Waals surface area contributed by atoms with E-state index >= 15 is 0 Å². The minimum atomic E-state index is -0.763. The summed E-state index contributed by atoms with van der Waals surface area (Å²) in [5, 5.41) is 9.81. The van der Waals surface area contributed by atoms with Gasteiger partial charge in [-0.2, -0.15) is 0 Å². The lowest BCUT2D eigenvalue weighted by Gasteiger charge is -2.24. The van der Waals surface area contributed by atoms with Crippen LogP contribution in [0.25, 0.3) is 0 Å². The van der Waals surface area contributed by atoms with Crippen LogP contribution in [0.15, 0.2) is 30.5 Å². The van der Waals surface area contributed by atoms with Crippen LogP contribution in [0.4, 0.5) is 10.5 Å². The number of nitrogens with zero attached hydrogens (tertiary/aromatic N) is 3. The Bertz CT molecular complexity index is 925. The molecule has 0 bridgehead atoms. The van der Waals surface area contributed by atoms with E-state index in [2.05, 4.69) is 0 Å². The molecule has 1 aromatic heterocycles. The smallest absolute Gasteiger partial charge is 0.338 e. The fraction of sp³-hybridized carbons (Fsp3) is 0.188. The summed E-state index contributed by atoms with van der Waals surface area (Å²) in [4.78, 5) is 25.0. The van der Waals surface area contributed by atoms with Crippen molar-refractivity contribution in [2.75, 3.05) is 19.1 Å². The number of hydrogen-bond acceptors (Lipinski definition) is 4. The van der Waals surface area contributed by atoms with E-state index in [0.29, 0.717) is 16.3 Å². The number of nitrogens with one attached hydrogen (secondary N) is 1. The summed E-state index contributed by atoms with van der Waals surface area (Å²) >= 11 is 12.1. The summed E-state index contributed by atoms with van der Waals surface area (Å²) < 4.78 is 1.42. The summed E-state index contributed by atoms with van der Waals surface area (Å²) in [5.41, 5.74) is 6.12. The maximum atomic E-state index is 12.2. The summed E-state index contributed by atoms with van der Waals surface area (Å²) in [6.45, 7) is 0.101. The van der Waals surface area contributed by atoms with E-state index in [9.17, 15) is 9.59 Å². The molecule has 138 valence electrons. The summed E-state index contributed by atoms with van der Waals surface area (Å²) in [5.74, 6) is 5.17. The van der Waals surface area contributed by atoms with Gasteiger partial charge < -0.3 is 15.2 Å². The first kappa shape index (κ1) is 19.8. The highest BCUT2D eigenvalue weighted by Crippen LogP contribution is 2.24. The Balaban J connectivity index is 2.54. The summed E-state index contributed by atoms with van der Waals surface area (Å²) in [6.07, 6.45) is 1.48. The minimum absolute atomic E-state index is 0.0185. The van der Waals surface area contributed by atoms with Gasteiger partial charge in [-0.05, 0) is 29.8 Å². The van der Waals surface area contributed by atoms with Gasteiger partial charge in [0.2, 0.25) is 0 Å². The van der Waals surface area contributed by atoms with Crippen molar-refractivity contribution >= 4 is 40.8 Å². The number of benzene rings is 1. The van der Waals surface area contributed by atoms with Crippen LogP contribution in [0.5, 0.6) is 0 Å². The zero-order valence-electron chi connectivity index (χ0n) is 14.2. The third kappa shape index (κ3) is 4.16. The Morgan fingerprint density at radius 2 is 1.85 bits per heavy atom. The number of nitrogens with two attached hydrogens (primary N) is 2. The molecule has 3 amide bonds. The molecule has 0 saturated carbocycles. The summed E-state index contributed by atoms with van der Waals surface area (Å²) in [7, 11) is 3.15. The van der Waals surface area contributed by atoms with Gasteiger partial charge >= 0.3 is 6.03 Å². The lowest BCUT2D eigenvalue weighted by molar-refractivity contribution is 0.0997. The number of amides is 3. The van der Waals surface area contributed by atoms with E-state index in [-0.39, 0.29) is 22.6 Å². The van der Waals surface area contributed by atoms with E-state index in [1.165, 1.54) is 21.7 Å². The number of hydrogen-bond donors (Lipinski definition) is 3. The Labute approximate surface area is 160 Å². The van der Waals surface area contributed by atoms with Crippen LogP contribution < -0.4 is 22.1 Å².